The summed E-state index contributed by atoms with van der Waals surface area (Å²) in [7, 11) is 0. The first-order valence-electron chi connectivity index (χ1n) is 7.61. The van der Waals surface area contributed by atoms with Crippen LogP contribution < -0.4 is 5.56 Å². The normalized spacial score (nSPS) is 23.0. The van der Waals surface area contributed by atoms with E-state index in [1.165, 1.54) is 0 Å². The maximum atomic E-state index is 12.6. The molecule has 0 N–H and O–H groups in total. The number of fused-ring (bicyclic) bond motifs is 4. The molecule has 2 aliphatic rings. The summed E-state index contributed by atoms with van der Waals surface area (Å²) < 4.78 is 1.88. The first kappa shape index (κ1) is 13.2. The van der Waals surface area contributed by atoms with Gasteiger partial charge in [0.1, 0.15) is 0 Å². The molecule has 1 amide bonds. The van der Waals surface area contributed by atoms with E-state index in [-0.39, 0.29) is 17.4 Å². The highest BCUT2D eigenvalue weighted by Crippen LogP contribution is 2.35. The molecule has 22 heavy (non-hydrogen) atoms. The smallest absolute Gasteiger partial charge is 0.253 e. The first-order chi connectivity index (χ1) is 10.7. The highest BCUT2D eigenvalue weighted by Gasteiger charge is 2.36. The lowest BCUT2D eigenvalue weighted by Crippen LogP contribution is -2.49. The molecule has 2 aromatic heterocycles. The van der Waals surface area contributed by atoms with Crippen molar-refractivity contribution in [1.82, 2.24) is 14.5 Å². The fourth-order valence-electron chi connectivity index (χ4n) is 3.74. The molecule has 112 valence electrons. The Morgan fingerprint density at radius 1 is 1.09 bits per heavy atom. The Morgan fingerprint density at radius 3 is 2.73 bits per heavy atom. The largest absolute Gasteiger partial charge is 0.338 e. The third-order valence-electron chi connectivity index (χ3n) is 4.69. The van der Waals surface area contributed by atoms with Gasteiger partial charge in [-0.3, -0.25) is 14.6 Å². The third-order valence-corrected chi connectivity index (χ3v) is 4.69. The van der Waals surface area contributed by atoms with Gasteiger partial charge in [-0.25, -0.2) is 0 Å². The minimum absolute atomic E-state index is 0.0591. The van der Waals surface area contributed by atoms with Crippen LogP contribution in [0.4, 0.5) is 0 Å². The van der Waals surface area contributed by atoms with Crippen LogP contribution in [0.5, 0.6) is 0 Å². The van der Waals surface area contributed by atoms with Gasteiger partial charge in [-0.1, -0.05) is 6.07 Å². The monoisotopic (exact) mass is 295 g/mol. The van der Waals surface area contributed by atoms with Gasteiger partial charge >= 0.3 is 0 Å². The maximum Gasteiger partial charge on any atom is 0.253 e. The van der Waals surface area contributed by atoms with Gasteiger partial charge in [-0.05, 0) is 30.5 Å². The molecule has 5 nitrogen and oxygen atoms in total. The number of amides is 1. The van der Waals surface area contributed by atoms with Gasteiger partial charge < -0.3 is 9.47 Å². The van der Waals surface area contributed by atoms with Crippen LogP contribution in [0.15, 0.2) is 47.5 Å². The Bertz CT molecular complexity index is 769. The zero-order chi connectivity index (χ0) is 15.1. The first-order valence-corrected chi connectivity index (χ1v) is 7.61. The van der Waals surface area contributed by atoms with Gasteiger partial charge in [0.2, 0.25) is 0 Å². The Morgan fingerprint density at radius 2 is 1.91 bits per heavy atom. The molecule has 0 aromatic carbocycles. The topological polar surface area (TPSA) is 55.2 Å². The van der Waals surface area contributed by atoms with E-state index in [4.69, 9.17) is 0 Å². The van der Waals surface area contributed by atoms with Gasteiger partial charge in [0.15, 0.2) is 0 Å². The summed E-state index contributed by atoms with van der Waals surface area (Å²) in [4.78, 5) is 30.5. The summed E-state index contributed by atoms with van der Waals surface area (Å²) in [5.74, 6) is 0.674. The minimum Gasteiger partial charge on any atom is -0.338 e. The number of nitrogens with zero attached hydrogens (tertiary/aromatic N) is 3. The summed E-state index contributed by atoms with van der Waals surface area (Å²) in [6.07, 6.45) is 4.35. The fourth-order valence-corrected chi connectivity index (χ4v) is 3.74. The number of aromatic nitrogens is 2. The second-order valence-corrected chi connectivity index (χ2v) is 6.14. The van der Waals surface area contributed by atoms with Crippen LogP contribution in [0, 0.1) is 5.92 Å². The molecule has 1 saturated heterocycles. The quantitative estimate of drug-likeness (QED) is 0.801. The summed E-state index contributed by atoms with van der Waals surface area (Å²) >= 11 is 0. The molecule has 0 spiro atoms. The van der Waals surface area contributed by atoms with Crippen LogP contribution in [0.2, 0.25) is 0 Å². The van der Waals surface area contributed by atoms with Gasteiger partial charge in [-0.15, -0.1) is 0 Å². The summed E-state index contributed by atoms with van der Waals surface area (Å²) in [5.41, 5.74) is 1.82. The van der Waals surface area contributed by atoms with Crippen LogP contribution in [0.25, 0.3) is 0 Å². The molecular weight excluding hydrogens is 278 g/mol. The molecule has 0 saturated carbocycles. The summed E-state index contributed by atoms with van der Waals surface area (Å²) in [6, 6.07) is 8.96. The lowest BCUT2D eigenvalue weighted by atomic mass is 9.83. The lowest BCUT2D eigenvalue weighted by molar-refractivity contribution is 0.0594. The fraction of sp³-hybridized carbons (Fsp3) is 0.353. The van der Waals surface area contributed by atoms with Crippen LogP contribution in [-0.2, 0) is 6.54 Å². The van der Waals surface area contributed by atoms with Crippen molar-refractivity contribution in [2.45, 2.75) is 18.9 Å². The van der Waals surface area contributed by atoms with Crippen molar-refractivity contribution < 1.29 is 4.79 Å². The van der Waals surface area contributed by atoms with Crippen molar-refractivity contribution >= 4 is 5.91 Å². The number of piperidine rings is 1. The van der Waals surface area contributed by atoms with Gasteiger partial charge in [0.05, 0.1) is 0 Å². The molecule has 2 bridgehead atoms. The predicted molar refractivity (Wildman–Crippen MR) is 81.7 cm³/mol. The molecule has 1 fully saturated rings. The third kappa shape index (κ3) is 2.13. The number of pyridine rings is 2. The summed E-state index contributed by atoms with van der Waals surface area (Å²) in [5, 5.41) is 0. The van der Waals surface area contributed by atoms with E-state index in [1.54, 1.807) is 30.6 Å². The van der Waals surface area contributed by atoms with E-state index in [0.717, 1.165) is 18.7 Å². The maximum absolute atomic E-state index is 12.6. The number of hydrogen-bond donors (Lipinski definition) is 0. The van der Waals surface area contributed by atoms with Crippen LogP contribution in [0.3, 0.4) is 0 Å². The predicted octanol–water partition coefficient (Wildman–Crippen LogP) is 1.50. The lowest BCUT2D eigenvalue weighted by Gasteiger charge is -2.42. The van der Waals surface area contributed by atoms with E-state index in [0.29, 0.717) is 24.6 Å². The van der Waals surface area contributed by atoms with Crippen LogP contribution in [-0.4, -0.2) is 33.4 Å². The van der Waals surface area contributed by atoms with Crippen molar-refractivity contribution in [3.63, 3.8) is 0 Å². The average molecular weight is 295 g/mol. The SMILES string of the molecule is O=C(c1ccncc1)N1CC2CC(C1)c1cccc(=O)n1C2. The zero-order valence-electron chi connectivity index (χ0n) is 12.2. The van der Waals surface area contributed by atoms with Crippen molar-refractivity contribution in [3.05, 3.63) is 64.3 Å². The van der Waals surface area contributed by atoms with Crippen LogP contribution in [0.1, 0.15) is 28.4 Å². The summed E-state index contributed by atoms with van der Waals surface area (Å²) in [6.45, 7) is 2.12. The van der Waals surface area contributed by atoms with Crippen molar-refractivity contribution in [2.75, 3.05) is 13.1 Å². The number of carbonyl (C=O) groups excluding carboxylic acids is 1. The van der Waals surface area contributed by atoms with E-state index < -0.39 is 0 Å². The molecule has 0 radical (unpaired) electrons. The molecule has 4 heterocycles. The highest BCUT2D eigenvalue weighted by atomic mass is 16.2. The van der Waals surface area contributed by atoms with Gasteiger partial charge in [0, 0.05) is 55.3 Å². The van der Waals surface area contributed by atoms with Crippen molar-refractivity contribution in [3.8, 4) is 0 Å². The molecule has 2 aliphatic heterocycles. The molecule has 4 rings (SSSR count). The molecule has 0 aliphatic carbocycles. The van der Waals surface area contributed by atoms with Crippen molar-refractivity contribution in [2.24, 2.45) is 5.92 Å². The number of hydrogen-bond acceptors (Lipinski definition) is 3. The molecule has 2 aromatic rings. The minimum atomic E-state index is 0.0591. The standard InChI is InChI=1S/C17H17N3O2/c21-16-3-1-2-15-14-8-12(10-20(15)16)9-19(11-14)17(22)13-4-6-18-7-5-13/h1-7,12,14H,8-11H2. The van der Waals surface area contributed by atoms with Gasteiger partial charge in [-0.2, -0.15) is 0 Å². The van der Waals surface area contributed by atoms with Gasteiger partial charge in [0.25, 0.3) is 11.5 Å². The average Bonchev–Trinajstić information content (AvgIpc) is 2.56. The molecule has 2 unspecified atom stereocenters. The second kappa shape index (κ2) is 5.09. The Labute approximate surface area is 128 Å². The van der Waals surface area contributed by atoms with E-state index in [9.17, 15) is 9.59 Å². The van der Waals surface area contributed by atoms with Crippen molar-refractivity contribution in [1.29, 1.82) is 0 Å². The highest BCUT2D eigenvalue weighted by molar-refractivity contribution is 5.94. The molecule has 2 atom stereocenters. The van der Waals surface area contributed by atoms with E-state index in [2.05, 4.69) is 4.98 Å². The van der Waals surface area contributed by atoms with Crippen LogP contribution >= 0.6 is 0 Å². The van der Waals surface area contributed by atoms with E-state index >= 15 is 0 Å². The number of likely N-dealkylation sites (tertiary alicyclic amines) is 1. The molecular formula is C17H17N3O2. The molecule has 5 heteroatoms. The number of rotatable bonds is 1. The number of carbonyl (C=O) groups is 1. The Balaban J connectivity index is 1.64. The Hall–Kier alpha value is -2.43. The Kier molecular flexibility index (Phi) is 3.06. The van der Waals surface area contributed by atoms with E-state index in [1.807, 2.05) is 21.6 Å². The zero-order valence-corrected chi connectivity index (χ0v) is 12.2. The second-order valence-electron chi connectivity index (χ2n) is 6.14.